The topological polar surface area (TPSA) is 162 Å². The Bertz CT molecular complexity index is 551. The molecule has 1 aromatic rings. The maximum atomic E-state index is 11.0. The zero-order valence-electron chi connectivity index (χ0n) is 9.10. The SMILES string of the molecule is O=C(O)c1ccc(OB(O)O)c(C(=O)O)c1C(=O)O. The molecule has 0 saturated carbocycles. The van der Waals surface area contributed by atoms with Crippen molar-refractivity contribution in [1.82, 2.24) is 0 Å². The summed E-state index contributed by atoms with van der Waals surface area (Å²) in [5.74, 6) is -5.90. The quantitative estimate of drug-likeness (QED) is 0.428. The van der Waals surface area contributed by atoms with E-state index in [0.29, 0.717) is 0 Å². The van der Waals surface area contributed by atoms with E-state index in [2.05, 4.69) is 4.65 Å². The molecule has 0 radical (unpaired) electrons. The van der Waals surface area contributed by atoms with E-state index in [0.717, 1.165) is 12.1 Å². The van der Waals surface area contributed by atoms with Crippen molar-refractivity contribution in [1.29, 1.82) is 0 Å². The summed E-state index contributed by atoms with van der Waals surface area (Å²) in [5, 5.41) is 43.8. The van der Waals surface area contributed by atoms with Crippen LogP contribution in [0, 0.1) is 0 Å². The van der Waals surface area contributed by atoms with Gasteiger partial charge in [0.1, 0.15) is 11.3 Å². The normalized spacial score (nSPS) is 9.79. The predicted molar refractivity (Wildman–Crippen MR) is 58.1 cm³/mol. The highest BCUT2D eigenvalue weighted by atomic mass is 16.6. The fraction of sp³-hybridized carbons (Fsp3) is 0. The van der Waals surface area contributed by atoms with Gasteiger partial charge in [0.25, 0.3) is 0 Å². The maximum Gasteiger partial charge on any atom is 0.707 e. The van der Waals surface area contributed by atoms with Gasteiger partial charge in [-0.15, -0.1) is 0 Å². The van der Waals surface area contributed by atoms with Crippen molar-refractivity contribution in [2.45, 2.75) is 0 Å². The summed E-state index contributed by atoms with van der Waals surface area (Å²) in [6.07, 6.45) is 0. The van der Waals surface area contributed by atoms with E-state index in [4.69, 9.17) is 25.4 Å². The largest absolute Gasteiger partial charge is 0.707 e. The third kappa shape index (κ3) is 3.00. The number of benzene rings is 1. The number of carbonyl (C=O) groups is 3. The summed E-state index contributed by atoms with van der Waals surface area (Å²) in [6.45, 7) is 0. The van der Waals surface area contributed by atoms with Crippen LogP contribution in [0.3, 0.4) is 0 Å². The Labute approximate surface area is 105 Å². The molecule has 0 fully saturated rings. The van der Waals surface area contributed by atoms with Crippen LogP contribution in [0.2, 0.25) is 0 Å². The first-order chi connectivity index (χ1) is 8.75. The molecule has 0 spiro atoms. The van der Waals surface area contributed by atoms with E-state index >= 15 is 0 Å². The van der Waals surface area contributed by atoms with Gasteiger partial charge in [0.2, 0.25) is 0 Å². The van der Waals surface area contributed by atoms with Gasteiger partial charge in [-0.1, -0.05) is 0 Å². The van der Waals surface area contributed by atoms with E-state index in [9.17, 15) is 14.4 Å². The molecule has 0 aliphatic rings. The van der Waals surface area contributed by atoms with Crippen molar-refractivity contribution in [3.05, 3.63) is 28.8 Å². The number of carboxylic acid groups (broad SMARTS) is 3. The van der Waals surface area contributed by atoms with Crippen molar-refractivity contribution in [3.8, 4) is 5.75 Å². The minimum absolute atomic E-state index is 0.676. The molecule has 9 nitrogen and oxygen atoms in total. The third-order valence-corrected chi connectivity index (χ3v) is 2.06. The Hall–Kier alpha value is -2.59. The van der Waals surface area contributed by atoms with Crippen molar-refractivity contribution < 1.29 is 44.4 Å². The fourth-order valence-electron chi connectivity index (χ4n) is 1.41. The molecule has 100 valence electrons. The highest BCUT2D eigenvalue weighted by Crippen LogP contribution is 2.26. The average molecular weight is 270 g/mol. The fourth-order valence-corrected chi connectivity index (χ4v) is 1.41. The van der Waals surface area contributed by atoms with Crippen LogP contribution in [0.4, 0.5) is 0 Å². The van der Waals surface area contributed by atoms with Crippen molar-refractivity contribution in [3.63, 3.8) is 0 Å². The Morgan fingerprint density at radius 2 is 1.42 bits per heavy atom. The first kappa shape index (κ1) is 14.5. The molecule has 0 aromatic heterocycles. The number of aromatic carboxylic acids is 3. The molecule has 0 unspecified atom stereocenters. The van der Waals surface area contributed by atoms with Gasteiger partial charge in [0.05, 0.1) is 11.1 Å². The molecule has 0 heterocycles. The van der Waals surface area contributed by atoms with Crippen LogP contribution in [-0.4, -0.2) is 50.6 Å². The molecule has 0 atom stereocenters. The molecule has 0 saturated heterocycles. The van der Waals surface area contributed by atoms with E-state index in [1.807, 2.05) is 0 Å². The first-order valence-electron chi connectivity index (χ1n) is 4.65. The van der Waals surface area contributed by atoms with Gasteiger partial charge in [0.15, 0.2) is 0 Å². The molecular formula is C9H7BO9. The lowest BCUT2D eigenvalue weighted by Crippen LogP contribution is -2.24. The zero-order chi connectivity index (χ0) is 14.7. The lowest BCUT2D eigenvalue weighted by molar-refractivity contribution is 0.0631. The minimum atomic E-state index is -2.38. The standard InChI is InChI=1S/C9H7BO9/c11-7(12)3-1-2-4(19-10(17)18)6(9(15)16)5(3)8(13)14/h1-2,17-18H,(H,11,12)(H,13,14)(H,15,16). The number of hydrogen-bond donors (Lipinski definition) is 5. The lowest BCUT2D eigenvalue weighted by Gasteiger charge is -2.12. The Morgan fingerprint density at radius 3 is 1.79 bits per heavy atom. The van der Waals surface area contributed by atoms with Crippen molar-refractivity contribution in [2.24, 2.45) is 0 Å². The van der Waals surface area contributed by atoms with Crippen LogP contribution in [-0.2, 0) is 0 Å². The number of rotatable bonds is 5. The molecule has 5 N–H and O–H groups in total. The molecule has 0 amide bonds. The predicted octanol–water partition coefficient (Wildman–Crippen LogP) is -0.870. The smallest absolute Gasteiger partial charge is 0.511 e. The molecular weight excluding hydrogens is 263 g/mol. The summed E-state index contributed by atoms with van der Waals surface area (Å²) in [5.41, 5.74) is -2.76. The van der Waals surface area contributed by atoms with Gasteiger partial charge in [-0.25, -0.2) is 14.4 Å². The van der Waals surface area contributed by atoms with Crippen LogP contribution in [0.5, 0.6) is 5.75 Å². The summed E-state index contributed by atoms with van der Waals surface area (Å²) in [6, 6.07) is 1.61. The van der Waals surface area contributed by atoms with E-state index in [1.165, 1.54) is 0 Å². The van der Waals surface area contributed by atoms with E-state index in [-0.39, 0.29) is 0 Å². The van der Waals surface area contributed by atoms with Crippen LogP contribution >= 0.6 is 0 Å². The van der Waals surface area contributed by atoms with E-state index in [1.54, 1.807) is 0 Å². The van der Waals surface area contributed by atoms with Gasteiger partial charge >= 0.3 is 25.2 Å². The van der Waals surface area contributed by atoms with Gasteiger partial charge in [-0.05, 0) is 12.1 Å². The molecule has 1 aromatic carbocycles. The molecule has 0 bridgehead atoms. The second-order valence-electron chi connectivity index (χ2n) is 3.22. The Morgan fingerprint density at radius 1 is 0.895 bits per heavy atom. The molecule has 1 rings (SSSR count). The Balaban J connectivity index is 3.63. The average Bonchev–Trinajstić information content (AvgIpc) is 2.26. The van der Waals surface area contributed by atoms with Gasteiger partial charge in [-0.2, -0.15) is 0 Å². The second kappa shape index (κ2) is 5.37. The van der Waals surface area contributed by atoms with Crippen molar-refractivity contribution >= 4 is 25.2 Å². The second-order valence-corrected chi connectivity index (χ2v) is 3.22. The van der Waals surface area contributed by atoms with Crippen LogP contribution in [0.1, 0.15) is 31.1 Å². The van der Waals surface area contributed by atoms with Crippen LogP contribution < -0.4 is 4.65 Å². The highest BCUT2D eigenvalue weighted by Gasteiger charge is 2.29. The minimum Gasteiger partial charge on any atom is -0.511 e. The first-order valence-corrected chi connectivity index (χ1v) is 4.65. The van der Waals surface area contributed by atoms with Gasteiger partial charge < -0.3 is 30.0 Å². The summed E-state index contributed by atoms with van der Waals surface area (Å²) in [7, 11) is -2.38. The molecule has 19 heavy (non-hydrogen) atoms. The third-order valence-electron chi connectivity index (χ3n) is 2.06. The van der Waals surface area contributed by atoms with Crippen molar-refractivity contribution in [2.75, 3.05) is 0 Å². The maximum absolute atomic E-state index is 11.0. The number of hydrogen-bond acceptors (Lipinski definition) is 6. The van der Waals surface area contributed by atoms with E-state index < -0.39 is 47.7 Å². The summed E-state index contributed by atoms with van der Waals surface area (Å²) in [4.78, 5) is 32.8. The van der Waals surface area contributed by atoms with Crippen LogP contribution in [0.15, 0.2) is 12.1 Å². The summed E-state index contributed by atoms with van der Waals surface area (Å²) < 4.78 is 4.31. The zero-order valence-corrected chi connectivity index (χ0v) is 9.10. The lowest BCUT2D eigenvalue weighted by atomic mass is 9.99. The highest BCUT2D eigenvalue weighted by molar-refractivity contribution is 6.34. The molecule has 0 aliphatic heterocycles. The monoisotopic (exact) mass is 270 g/mol. The Kier molecular flexibility index (Phi) is 4.09. The van der Waals surface area contributed by atoms with Crippen LogP contribution in [0.25, 0.3) is 0 Å². The number of carboxylic acids is 3. The summed E-state index contributed by atoms with van der Waals surface area (Å²) >= 11 is 0. The molecule has 0 aliphatic carbocycles. The van der Waals surface area contributed by atoms with Gasteiger partial charge in [0, 0.05) is 0 Å². The van der Waals surface area contributed by atoms with Gasteiger partial charge in [-0.3, -0.25) is 0 Å². The molecule has 10 heteroatoms.